The molecule has 0 bridgehead atoms. The second kappa shape index (κ2) is 7.07. The number of amides is 2. The average Bonchev–Trinajstić information content (AvgIpc) is 2.42. The van der Waals surface area contributed by atoms with Crippen molar-refractivity contribution in [3.8, 4) is 0 Å². The van der Waals surface area contributed by atoms with E-state index in [2.05, 4.69) is 16.0 Å². The molecule has 0 aromatic heterocycles. The van der Waals surface area contributed by atoms with E-state index < -0.39 is 4.92 Å². The Balaban J connectivity index is 2.86. The van der Waals surface area contributed by atoms with Gasteiger partial charge in [-0.15, -0.1) is 0 Å². The molecule has 0 unspecified atom stereocenters. The Morgan fingerprint density at radius 2 is 2.00 bits per heavy atom. The number of nitrogens with zero attached hydrogens (tertiary/aromatic N) is 1. The summed E-state index contributed by atoms with van der Waals surface area (Å²) in [6.07, 6.45) is 0. The van der Waals surface area contributed by atoms with E-state index in [1.807, 2.05) is 0 Å². The molecule has 3 N–H and O–H groups in total. The van der Waals surface area contributed by atoms with Crippen molar-refractivity contribution in [2.75, 3.05) is 25.5 Å². The zero-order valence-corrected chi connectivity index (χ0v) is 11.2. The Bertz CT molecular complexity index is 530. The summed E-state index contributed by atoms with van der Waals surface area (Å²) in [7, 11) is 1.48. The Morgan fingerprint density at radius 3 is 2.55 bits per heavy atom. The molecule has 0 saturated heterocycles. The van der Waals surface area contributed by atoms with Crippen molar-refractivity contribution in [2.45, 2.75) is 6.92 Å². The molecule has 0 saturated carbocycles. The molecule has 0 aliphatic rings. The highest BCUT2D eigenvalue weighted by Gasteiger charge is 2.16. The Hall–Kier alpha value is -2.64. The molecular formula is C12H16N4O4. The van der Waals surface area contributed by atoms with Crippen LogP contribution in [0.2, 0.25) is 0 Å². The highest BCUT2D eigenvalue weighted by atomic mass is 16.6. The summed E-state index contributed by atoms with van der Waals surface area (Å²) in [5, 5.41) is 18.7. The van der Waals surface area contributed by atoms with Gasteiger partial charge < -0.3 is 16.0 Å². The number of nitro groups is 1. The SMILES string of the molecule is CNC(=O)c1ccc([N+](=O)[O-])c(NCCNC(C)=O)c1. The van der Waals surface area contributed by atoms with Gasteiger partial charge in [0.1, 0.15) is 5.69 Å². The van der Waals surface area contributed by atoms with Crippen molar-refractivity contribution in [3.05, 3.63) is 33.9 Å². The van der Waals surface area contributed by atoms with Crippen LogP contribution in [0.25, 0.3) is 0 Å². The fourth-order valence-corrected chi connectivity index (χ4v) is 1.56. The second-order valence-corrected chi connectivity index (χ2v) is 3.98. The summed E-state index contributed by atoms with van der Waals surface area (Å²) in [5.74, 6) is -0.509. The van der Waals surface area contributed by atoms with Gasteiger partial charge in [0, 0.05) is 38.7 Å². The van der Waals surface area contributed by atoms with Gasteiger partial charge in [-0.05, 0) is 12.1 Å². The smallest absolute Gasteiger partial charge is 0.292 e. The molecule has 1 aromatic carbocycles. The highest BCUT2D eigenvalue weighted by molar-refractivity contribution is 5.95. The number of rotatable bonds is 6. The lowest BCUT2D eigenvalue weighted by Crippen LogP contribution is -2.26. The molecule has 2 amide bonds. The van der Waals surface area contributed by atoms with E-state index in [0.717, 1.165) is 0 Å². The van der Waals surface area contributed by atoms with Crippen LogP contribution in [0.1, 0.15) is 17.3 Å². The van der Waals surface area contributed by atoms with Crippen LogP contribution in [0.4, 0.5) is 11.4 Å². The first-order valence-electron chi connectivity index (χ1n) is 5.94. The molecule has 8 heteroatoms. The zero-order valence-electron chi connectivity index (χ0n) is 11.2. The molecule has 0 heterocycles. The van der Waals surface area contributed by atoms with Gasteiger partial charge in [-0.1, -0.05) is 0 Å². The Kier molecular flexibility index (Phi) is 5.45. The van der Waals surface area contributed by atoms with Crippen molar-refractivity contribution in [2.24, 2.45) is 0 Å². The quantitative estimate of drug-likeness (QED) is 0.399. The van der Waals surface area contributed by atoms with Crippen molar-refractivity contribution >= 4 is 23.2 Å². The number of hydrogen-bond acceptors (Lipinski definition) is 5. The molecule has 0 fully saturated rings. The summed E-state index contributed by atoms with van der Waals surface area (Å²) >= 11 is 0. The number of nitro benzene ring substituents is 1. The van der Waals surface area contributed by atoms with Gasteiger partial charge in [-0.25, -0.2) is 0 Å². The number of anilines is 1. The first kappa shape index (κ1) is 15.4. The number of benzene rings is 1. The van der Waals surface area contributed by atoms with E-state index in [4.69, 9.17) is 0 Å². The third-order valence-electron chi connectivity index (χ3n) is 2.50. The number of carbonyl (C=O) groups excluding carboxylic acids is 2. The fraction of sp³-hybridized carbons (Fsp3) is 0.333. The first-order valence-corrected chi connectivity index (χ1v) is 5.94. The summed E-state index contributed by atoms with van der Waals surface area (Å²) in [6, 6.07) is 4.06. The van der Waals surface area contributed by atoms with Gasteiger partial charge >= 0.3 is 0 Å². The molecule has 0 aliphatic carbocycles. The van der Waals surface area contributed by atoms with Crippen LogP contribution in [0.3, 0.4) is 0 Å². The third kappa shape index (κ3) is 4.23. The second-order valence-electron chi connectivity index (χ2n) is 3.98. The van der Waals surface area contributed by atoms with Crippen LogP contribution in [-0.2, 0) is 4.79 Å². The van der Waals surface area contributed by atoms with E-state index in [9.17, 15) is 19.7 Å². The molecule has 8 nitrogen and oxygen atoms in total. The molecular weight excluding hydrogens is 264 g/mol. The summed E-state index contributed by atoms with van der Waals surface area (Å²) in [4.78, 5) is 32.6. The molecule has 0 spiro atoms. The van der Waals surface area contributed by atoms with E-state index in [0.29, 0.717) is 18.7 Å². The maximum absolute atomic E-state index is 11.5. The zero-order chi connectivity index (χ0) is 15.1. The third-order valence-corrected chi connectivity index (χ3v) is 2.50. The average molecular weight is 280 g/mol. The first-order chi connectivity index (χ1) is 9.45. The largest absolute Gasteiger partial charge is 0.378 e. The fourth-order valence-electron chi connectivity index (χ4n) is 1.56. The Labute approximate surface area is 115 Å². The maximum Gasteiger partial charge on any atom is 0.292 e. The van der Waals surface area contributed by atoms with E-state index >= 15 is 0 Å². The minimum atomic E-state index is -0.533. The predicted molar refractivity (Wildman–Crippen MR) is 73.7 cm³/mol. The molecule has 0 radical (unpaired) electrons. The highest BCUT2D eigenvalue weighted by Crippen LogP contribution is 2.25. The van der Waals surface area contributed by atoms with Crippen molar-refractivity contribution in [1.82, 2.24) is 10.6 Å². The van der Waals surface area contributed by atoms with Gasteiger partial charge in [0.05, 0.1) is 4.92 Å². The van der Waals surface area contributed by atoms with Crippen LogP contribution in [-0.4, -0.2) is 36.9 Å². The molecule has 108 valence electrons. The van der Waals surface area contributed by atoms with Crippen LogP contribution in [0.15, 0.2) is 18.2 Å². The minimum absolute atomic E-state index is 0.125. The minimum Gasteiger partial charge on any atom is -0.378 e. The number of nitrogens with one attached hydrogen (secondary N) is 3. The van der Waals surface area contributed by atoms with Crippen LogP contribution < -0.4 is 16.0 Å². The summed E-state index contributed by atoms with van der Waals surface area (Å²) < 4.78 is 0. The normalized spacial score (nSPS) is 9.70. The van der Waals surface area contributed by atoms with Crippen molar-refractivity contribution in [1.29, 1.82) is 0 Å². The predicted octanol–water partition coefficient (Wildman–Crippen LogP) is 0.502. The lowest BCUT2D eigenvalue weighted by atomic mass is 10.1. The van der Waals surface area contributed by atoms with Crippen LogP contribution in [0.5, 0.6) is 0 Å². The van der Waals surface area contributed by atoms with Crippen molar-refractivity contribution in [3.63, 3.8) is 0 Å². The van der Waals surface area contributed by atoms with Gasteiger partial charge in [-0.2, -0.15) is 0 Å². The van der Waals surface area contributed by atoms with Gasteiger partial charge in [0.25, 0.3) is 11.6 Å². The molecule has 1 aromatic rings. The van der Waals surface area contributed by atoms with Crippen LogP contribution in [0, 0.1) is 10.1 Å². The lowest BCUT2D eigenvalue weighted by molar-refractivity contribution is -0.384. The molecule has 1 rings (SSSR count). The number of carbonyl (C=O) groups is 2. The number of hydrogen-bond donors (Lipinski definition) is 3. The topological polar surface area (TPSA) is 113 Å². The molecule has 0 atom stereocenters. The standard InChI is InChI=1S/C12H16N4O4/c1-8(17)14-5-6-15-10-7-9(12(18)13-2)3-4-11(10)16(19)20/h3-4,7,15H,5-6H2,1-2H3,(H,13,18)(H,14,17). The van der Waals surface area contributed by atoms with E-state index in [1.54, 1.807) is 0 Å². The molecule has 20 heavy (non-hydrogen) atoms. The summed E-state index contributed by atoms with van der Waals surface area (Å²) in [6.45, 7) is 2.03. The van der Waals surface area contributed by atoms with E-state index in [1.165, 1.54) is 32.2 Å². The Morgan fingerprint density at radius 1 is 1.30 bits per heavy atom. The van der Waals surface area contributed by atoms with Gasteiger partial charge in [0.15, 0.2) is 0 Å². The monoisotopic (exact) mass is 280 g/mol. The maximum atomic E-state index is 11.5. The molecule has 0 aliphatic heterocycles. The lowest BCUT2D eigenvalue weighted by Gasteiger charge is -2.09. The van der Waals surface area contributed by atoms with Crippen LogP contribution >= 0.6 is 0 Å². The van der Waals surface area contributed by atoms with Gasteiger partial charge in [0.2, 0.25) is 5.91 Å². The summed E-state index contributed by atoms with van der Waals surface area (Å²) in [5.41, 5.74) is 0.432. The van der Waals surface area contributed by atoms with Gasteiger partial charge in [-0.3, -0.25) is 19.7 Å². The van der Waals surface area contributed by atoms with E-state index in [-0.39, 0.29) is 23.2 Å². The van der Waals surface area contributed by atoms with Crippen molar-refractivity contribution < 1.29 is 14.5 Å².